The number of benzene rings is 1. The maximum absolute atomic E-state index is 13.3. The lowest BCUT2D eigenvalue weighted by atomic mass is 10.0. The zero-order valence-electron chi connectivity index (χ0n) is 12.9. The van der Waals surface area contributed by atoms with Gasteiger partial charge in [-0.1, -0.05) is 13.8 Å². The fourth-order valence-corrected chi connectivity index (χ4v) is 2.21. The van der Waals surface area contributed by atoms with Crippen LogP contribution >= 0.6 is 0 Å². The van der Waals surface area contributed by atoms with Crippen LogP contribution in [0.4, 0.5) is 21.7 Å². The highest BCUT2D eigenvalue weighted by molar-refractivity contribution is 5.66. The van der Waals surface area contributed by atoms with Crippen LogP contribution in [-0.4, -0.2) is 16.5 Å². The van der Waals surface area contributed by atoms with Crippen molar-refractivity contribution in [1.82, 2.24) is 9.97 Å². The molecule has 0 unspecified atom stereocenters. The molecule has 4 nitrogen and oxygen atoms in total. The molecule has 112 valence electrons. The first kappa shape index (κ1) is 15.2. The summed E-state index contributed by atoms with van der Waals surface area (Å²) in [6, 6.07) is 4.94. The number of hydrogen-bond acceptors (Lipinski definition) is 4. The maximum Gasteiger partial charge on any atom is 0.139 e. The van der Waals surface area contributed by atoms with E-state index < -0.39 is 0 Å². The van der Waals surface area contributed by atoms with Crippen molar-refractivity contribution in [3.63, 3.8) is 0 Å². The third-order valence-electron chi connectivity index (χ3n) is 3.23. The van der Waals surface area contributed by atoms with E-state index in [1.54, 1.807) is 19.1 Å². The number of nitrogens with zero attached hydrogens (tertiary/aromatic N) is 2. The van der Waals surface area contributed by atoms with E-state index in [1.165, 1.54) is 12.4 Å². The summed E-state index contributed by atoms with van der Waals surface area (Å²) in [5.41, 5.74) is 2.45. The molecule has 1 aromatic carbocycles. The molecule has 2 N–H and O–H groups in total. The summed E-state index contributed by atoms with van der Waals surface area (Å²) in [5.74, 6) is 1.65. The summed E-state index contributed by atoms with van der Waals surface area (Å²) >= 11 is 0. The SMILES string of the molecule is CCNc1ncnc(Nc2ccc(F)c(C)c2)c1C(C)C. The summed E-state index contributed by atoms with van der Waals surface area (Å²) in [7, 11) is 0. The lowest BCUT2D eigenvalue weighted by Crippen LogP contribution is -2.09. The molecule has 5 heteroatoms. The first-order valence-electron chi connectivity index (χ1n) is 7.14. The molecule has 0 aliphatic rings. The Bertz CT molecular complexity index is 626. The molecule has 0 fully saturated rings. The third kappa shape index (κ3) is 3.48. The summed E-state index contributed by atoms with van der Waals surface area (Å²) in [4.78, 5) is 8.64. The van der Waals surface area contributed by atoms with Crippen molar-refractivity contribution in [3.8, 4) is 0 Å². The second-order valence-corrected chi connectivity index (χ2v) is 5.26. The van der Waals surface area contributed by atoms with Gasteiger partial charge in [-0.3, -0.25) is 0 Å². The third-order valence-corrected chi connectivity index (χ3v) is 3.23. The number of rotatable bonds is 5. The number of halogens is 1. The number of nitrogens with one attached hydrogen (secondary N) is 2. The smallest absolute Gasteiger partial charge is 0.139 e. The lowest BCUT2D eigenvalue weighted by Gasteiger charge is -2.17. The highest BCUT2D eigenvalue weighted by Gasteiger charge is 2.15. The van der Waals surface area contributed by atoms with Gasteiger partial charge in [0, 0.05) is 17.8 Å². The van der Waals surface area contributed by atoms with E-state index in [-0.39, 0.29) is 11.7 Å². The number of hydrogen-bond donors (Lipinski definition) is 2. The van der Waals surface area contributed by atoms with Crippen molar-refractivity contribution in [3.05, 3.63) is 41.5 Å². The van der Waals surface area contributed by atoms with Gasteiger partial charge in [-0.05, 0) is 43.5 Å². The van der Waals surface area contributed by atoms with Gasteiger partial charge in [0.05, 0.1) is 0 Å². The first-order valence-corrected chi connectivity index (χ1v) is 7.14. The zero-order chi connectivity index (χ0) is 15.4. The van der Waals surface area contributed by atoms with E-state index in [2.05, 4.69) is 34.4 Å². The average molecular weight is 288 g/mol. The molecule has 1 aromatic heterocycles. The Balaban J connectivity index is 2.38. The Kier molecular flexibility index (Phi) is 4.73. The lowest BCUT2D eigenvalue weighted by molar-refractivity contribution is 0.619. The molecule has 0 radical (unpaired) electrons. The van der Waals surface area contributed by atoms with Crippen LogP contribution in [0.15, 0.2) is 24.5 Å². The molecule has 0 aliphatic carbocycles. The monoisotopic (exact) mass is 288 g/mol. The van der Waals surface area contributed by atoms with Crippen molar-refractivity contribution >= 4 is 17.3 Å². The Labute approximate surface area is 124 Å². The van der Waals surface area contributed by atoms with Gasteiger partial charge >= 0.3 is 0 Å². The summed E-state index contributed by atoms with van der Waals surface area (Å²) in [6.07, 6.45) is 1.53. The van der Waals surface area contributed by atoms with Crippen molar-refractivity contribution in [2.45, 2.75) is 33.6 Å². The Morgan fingerprint density at radius 1 is 1.19 bits per heavy atom. The molecule has 0 aliphatic heterocycles. The minimum Gasteiger partial charge on any atom is -0.370 e. The number of aromatic nitrogens is 2. The van der Waals surface area contributed by atoms with Crippen LogP contribution in [0.3, 0.4) is 0 Å². The molecule has 0 bridgehead atoms. The van der Waals surface area contributed by atoms with Gasteiger partial charge < -0.3 is 10.6 Å². The average Bonchev–Trinajstić information content (AvgIpc) is 2.43. The standard InChI is InChI=1S/C16H21FN4/c1-5-18-15-14(10(2)3)16(20-9-19-15)21-12-6-7-13(17)11(4)8-12/h6-10H,5H2,1-4H3,(H2,18,19,20,21). The quantitative estimate of drug-likeness (QED) is 0.864. The van der Waals surface area contributed by atoms with Gasteiger partial charge in [0.25, 0.3) is 0 Å². The van der Waals surface area contributed by atoms with Gasteiger partial charge in [-0.2, -0.15) is 0 Å². The van der Waals surface area contributed by atoms with E-state index in [9.17, 15) is 4.39 Å². The van der Waals surface area contributed by atoms with E-state index in [1.807, 2.05) is 6.92 Å². The van der Waals surface area contributed by atoms with E-state index >= 15 is 0 Å². The topological polar surface area (TPSA) is 49.8 Å². The highest BCUT2D eigenvalue weighted by atomic mass is 19.1. The van der Waals surface area contributed by atoms with Crippen molar-refractivity contribution in [2.24, 2.45) is 0 Å². The van der Waals surface area contributed by atoms with Gasteiger partial charge in [-0.25, -0.2) is 14.4 Å². The van der Waals surface area contributed by atoms with Gasteiger partial charge in [0.2, 0.25) is 0 Å². The molecule has 0 atom stereocenters. The minimum absolute atomic E-state index is 0.208. The molecular weight excluding hydrogens is 267 g/mol. The molecule has 0 spiro atoms. The second-order valence-electron chi connectivity index (χ2n) is 5.26. The first-order chi connectivity index (χ1) is 10.0. The maximum atomic E-state index is 13.3. The summed E-state index contributed by atoms with van der Waals surface area (Å²) < 4.78 is 13.3. The second kappa shape index (κ2) is 6.52. The van der Waals surface area contributed by atoms with E-state index in [0.29, 0.717) is 5.56 Å². The molecule has 21 heavy (non-hydrogen) atoms. The molecule has 1 heterocycles. The number of aryl methyl sites for hydroxylation is 1. The largest absolute Gasteiger partial charge is 0.370 e. The van der Waals surface area contributed by atoms with Crippen molar-refractivity contribution in [1.29, 1.82) is 0 Å². The van der Waals surface area contributed by atoms with Crippen molar-refractivity contribution < 1.29 is 4.39 Å². The predicted molar refractivity (Wildman–Crippen MR) is 84.7 cm³/mol. The molecule has 2 aromatic rings. The van der Waals surface area contributed by atoms with Gasteiger partial charge in [0.1, 0.15) is 23.8 Å². The van der Waals surface area contributed by atoms with Crippen LogP contribution in [0.25, 0.3) is 0 Å². The van der Waals surface area contributed by atoms with Crippen molar-refractivity contribution in [2.75, 3.05) is 17.2 Å². The van der Waals surface area contributed by atoms with Crippen LogP contribution in [0.1, 0.15) is 37.8 Å². The molecule has 0 amide bonds. The Hall–Kier alpha value is -2.17. The fraction of sp³-hybridized carbons (Fsp3) is 0.375. The minimum atomic E-state index is -0.208. The normalized spacial score (nSPS) is 10.8. The van der Waals surface area contributed by atoms with Gasteiger partial charge in [0.15, 0.2) is 0 Å². The summed E-state index contributed by atoms with van der Waals surface area (Å²) in [5, 5.41) is 6.52. The predicted octanol–water partition coefficient (Wildman–Crippen LogP) is 4.22. The van der Waals surface area contributed by atoms with Crippen LogP contribution < -0.4 is 10.6 Å². The molecule has 0 saturated heterocycles. The molecule has 2 rings (SSSR count). The van der Waals surface area contributed by atoms with Crippen LogP contribution in [0.2, 0.25) is 0 Å². The zero-order valence-corrected chi connectivity index (χ0v) is 12.9. The fourth-order valence-electron chi connectivity index (χ4n) is 2.21. The van der Waals surface area contributed by atoms with Crippen LogP contribution in [-0.2, 0) is 0 Å². The van der Waals surface area contributed by atoms with Crippen LogP contribution in [0, 0.1) is 12.7 Å². The summed E-state index contributed by atoms with van der Waals surface area (Å²) in [6.45, 7) is 8.77. The van der Waals surface area contributed by atoms with E-state index in [4.69, 9.17) is 0 Å². The van der Waals surface area contributed by atoms with E-state index in [0.717, 1.165) is 29.4 Å². The molecule has 0 saturated carbocycles. The number of anilines is 3. The molecular formula is C16H21FN4. The highest BCUT2D eigenvalue weighted by Crippen LogP contribution is 2.30. The Morgan fingerprint density at radius 2 is 1.90 bits per heavy atom. The van der Waals surface area contributed by atoms with Gasteiger partial charge in [-0.15, -0.1) is 0 Å². The van der Waals surface area contributed by atoms with Crippen LogP contribution in [0.5, 0.6) is 0 Å². The Morgan fingerprint density at radius 3 is 2.52 bits per heavy atom.